The van der Waals surface area contributed by atoms with Gasteiger partial charge in [0.2, 0.25) is 0 Å². The molecule has 1 aliphatic carbocycles. The van der Waals surface area contributed by atoms with Crippen molar-refractivity contribution in [3.8, 4) is 0 Å². The van der Waals surface area contributed by atoms with E-state index in [2.05, 4.69) is 17.1 Å². The summed E-state index contributed by atoms with van der Waals surface area (Å²) in [5.74, 6) is -1.08. The lowest BCUT2D eigenvalue weighted by Crippen LogP contribution is -2.54. The highest BCUT2D eigenvalue weighted by Crippen LogP contribution is 2.39. The first-order chi connectivity index (χ1) is 7.97. The van der Waals surface area contributed by atoms with E-state index in [4.69, 9.17) is 0 Å². The van der Waals surface area contributed by atoms with Crippen LogP contribution in [0.5, 0.6) is 0 Å². The molecule has 2 aliphatic rings. The molecule has 0 aromatic heterocycles. The number of piperazine rings is 1. The first kappa shape index (κ1) is 13.1. The Balaban J connectivity index is 1.92. The molecule has 0 amide bonds. The Morgan fingerprint density at radius 1 is 1.24 bits per heavy atom. The van der Waals surface area contributed by atoms with E-state index in [1.54, 1.807) is 0 Å². The summed E-state index contributed by atoms with van der Waals surface area (Å²) >= 11 is 0. The first-order valence-electron chi connectivity index (χ1n) is 6.51. The van der Waals surface area contributed by atoms with Gasteiger partial charge in [0.25, 0.3) is 0 Å². The van der Waals surface area contributed by atoms with Crippen LogP contribution in [0.15, 0.2) is 0 Å². The second-order valence-corrected chi connectivity index (χ2v) is 5.41. The zero-order valence-corrected chi connectivity index (χ0v) is 10.3. The van der Waals surface area contributed by atoms with Crippen LogP contribution in [-0.2, 0) is 0 Å². The third kappa shape index (κ3) is 3.35. The molecule has 0 aromatic carbocycles. The lowest BCUT2D eigenvalue weighted by molar-refractivity contribution is -0.187. The quantitative estimate of drug-likeness (QED) is 0.768. The highest BCUT2D eigenvalue weighted by Gasteiger charge is 2.43. The van der Waals surface area contributed by atoms with Gasteiger partial charge in [-0.05, 0) is 26.2 Å². The highest BCUT2D eigenvalue weighted by molar-refractivity contribution is 4.87. The summed E-state index contributed by atoms with van der Waals surface area (Å²) in [6.07, 6.45) is -1.73. The minimum Gasteiger partial charge on any atom is -0.312 e. The van der Waals surface area contributed by atoms with Gasteiger partial charge in [0.15, 0.2) is 0 Å². The second kappa shape index (κ2) is 5.14. The van der Waals surface area contributed by atoms with Crippen molar-refractivity contribution in [3.05, 3.63) is 0 Å². The second-order valence-electron chi connectivity index (χ2n) is 5.41. The van der Waals surface area contributed by atoms with Crippen molar-refractivity contribution in [2.24, 2.45) is 5.92 Å². The Kier molecular flexibility index (Phi) is 3.98. The minimum absolute atomic E-state index is 0.139. The van der Waals surface area contributed by atoms with Crippen molar-refractivity contribution in [2.45, 2.75) is 50.9 Å². The maximum Gasteiger partial charge on any atom is 0.391 e. The average Bonchev–Trinajstić information content (AvgIpc) is 2.28. The molecule has 1 heterocycles. The van der Waals surface area contributed by atoms with Crippen LogP contribution >= 0.6 is 0 Å². The van der Waals surface area contributed by atoms with E-state index in [-0.39, 0.29) is 6.04 Å². The predicted octanol–water partition coefficient (Wildman–Crippen LogP) is 2.40. The van der Waals surface area contributed by atoms with E-state index in [1.165, 1.54) is 0 Å². The van der Waals surface area contributed by atoms with E-state index < -0.39 is 12.1 Å². The maximum atomic E-state index is 12.7. The van der Waals surface area contributed by atoms with Crippen LogP contribution < -0.4 is 5.32 Å². The normalized spacial score (nSPS) is 37.1. The predicted molar refractivity (Wildman–Crippen MR) is 60.8 cm³/mol. The fraction of sp³-hybridized carbons (Fsp3) is 1.00. The van der Waals surface area contributed by atoms with Crippen LogP contribution in [0.2, 0.25) is 0 Å². The van der Waals surface area contributed by atoms with Crippen molar-refractivity contribution in [2.75, 3.05) is 19.6 Å². The zero-order valence-electron chi connectivity index (χ0n) is 10.3. The smallest absolute Gasteiger partial charge is 0.312 e. The molecule has 0 radical (unpaired) electrons. The van der Waals surface area contributed by atoms with Gasteiger partial charge in [-0.2, -0.15) is 13.2 Å². The number of nitrogens with zero attached hydrogens (tertiary/aromatic N) is 1. The summed E-state index contributed by atoms with van der Waals surface area (Å²) in [5.41, 5.74) is 0. The van der Waals surface area contributed by atoms with Crippen molar-refractivity contribution < 1.29 is 13.2 Å². The fourth-order valence-electron chi connectivity index (χ4n) is 3.09. The number of hydrogen-bond acceptors (Lipinski definition) is 2. The summed E-state index contributed by atoms with van der Waals surface area (Å²) in [6.45, 7) is 4.76. The van der Waals surface area contributed by atoms with E-state index in [9.17, 15) is 13.2 Å². The minimum atomic E-state index is -4.00. The molecule has 100 valence electrons. The van der Waals surface area contributed by atoms with Crippen LogP contribution in [0.3, 0.4) is 0 Å². The van der Waals surface area contributed by atoms with Gasteiger partial charge in [-0.3, -0.25) is 4.90 Å². The van der Waals surface area contributed by atoms with Gasteiger partial charge in [0.1, 0.15) is 0 Å². The molecule has 0 spiro atoms. The Morgan fingerprint density at radius 2 is 2.00 bits per heavy atom. The van der Waals surface area contributed by atoms with Crippen molar-refractivity contribution in [1.82, 2.24) is 10.2 Å². The fourth-order valence-corrected chi connectivity index (χ4v) is 3.09. The molecule has 2 nitrogen and oxygen atoms in total. The average molecular weight is 250 g/mol. The summed E-state index contributed by atoms with van der Waals surface area (Å²) in [5, 5.41) is 3.33. The van der Waals surface area contributed by atoms with Gasteiger partial charge in [0, 0.05) is 31.7 Å². The van der Waals surface area contributed by atoms with Crippen molar-refractivity contribution in [1.29, 1.82) is 0 Å². The summed E-state index contributed by atoms with van der Waals surface area (Å²) in [6, 6.07) is 0.537. The van der Waals surface area contributed by atoms with Crippen LogP contribution in [0.1, 0.15) is 32.6 Å². The number of rotatable bonds is 1. The summed E-state index contributed by atoms with van der Waals surface area (Å²) in [4.78, 5) is 2.25. The maximum absolute atomic E-state index is 12.7. The third-order valence-corrected chi connectivity index (χ3v) is 4.03. The molecule has 1 N–H and O–H groups in total. The summed E-state index contributed by atoms with van der Waals surface area (Å²) in [7, 11) is 0. The van der Waals surface area contributed by atoms with Gasteiger partial charge in [-0.15, -0.1) is 0 Å². The Labute approximate surface area is 101 Å². The van der Waals surface area contributed by atoms with Crippen LogP contribution in [0.25, 0.3) is 0 Å². The zero-order chi connectivity index (χ0) is 12.5. The van der Waals surface area contributed by atoms with Gasteiger partial charge in [-0.25, -0.2) is 0 Å². The molecule has 2 rings (SSSR count). The van der Waals surface area contributed by atoms with E-state index in [1.807, 2.05) is 0 Å². The monoisotopic (exact) mass is 250 g/mol. The molecule has 1 saturated heterocycles. The standard InChI is InChI=1S/C12H21F3N2/c1-9-8-17(6-5-16-9)11-4-2-3-10(7-11)12(13,14)15/h9-11,16H,2-8H2,1H3. The Hall–Kier alpha value is -0.290. The lowest BCUT2D eigenvalue weighted by Gasteiger charge is -2.41. The number of nitrogens with one attached hydrogen (secondary N) is 1. The highest BCUT2D eigenvalue weighted by atomic mass is 19.4. The molecule has 3 atom stereocenters. The molecule has 1 aliphatic heterocycles. The topological polar surface area (TPSA) is 15.3 Å². The first-order valence-corrected chi connectivity index (χ1v) is 6.51. The molecule has 5 heteroatoms. The van der Waals surface area contributed by atoms with Crippen LogP contribution in [-0.4, -0.2) is 42.8 Å². The van der Waals surface area contributed by atoms with Crippen LogP contribution in [0, 0.1) is 5.92 Å². The number of hydrogen-bond donors (Lipinski definition) is 1. The Morgan fingerprint density at radius 3 is 2.65 bits per heavy atom. The van der Waals surface area contributed by atoms with Gasteiger partial charge >= 0.3 is 6.18 Å². The van der Waals surface area contributed by atoms with Crippen LogP contribution in [0.4, 0.5) is 13.2 Å². The SMILES string of the molecule is CC1CN(C2CCCC(C(F)(F)F)C2)CCN1. The third-order valence-electron chi connectivity index (χ3n) is 4.03. The van der Waals surface area contributed by atoms with E-state index >= 15 is 0 Å². The van der Waals surface area contributed by atoms with Crippen molar-refractivity contribution >= 4 is 0 Å². The van der Waals surface area contributed by atoms with E-state index in [0.717, 1.165) is 26.1 Å². The largest absolute Gasteiger partial charge is 0.391 e. The molecular formula is C12H21F3N2. The van der Waals surface area contributed by atoms with E-state index in [0.29, 0.717) is 25.3 Å². The van der Waals surface area contributed by atoms with Gasteiger partial charge in [-0.1, -0.05) is 6.42 Å². The summed E-state index contributed by atoms with van der Waals surface area (Å²) < 4.78 is 38.2. The molecule has 0 bridgehead atoms. The van der Waals surface area contributed by atoms with Gasteiger partial charge in [0.05, 0.1) is 5.92 Å². The number of halogens is 3. The molecule has 2 fully saturated rings. The molecule has 1 saturated carbocycles. The number of alkyl halides is 3. The molecule has 17 heavy (non-hydrogen) atoms. The van der Waals surface area contributed by atoms with Crippen molar-refractivity contribution in [3.63, 3.8) is 0 Å². The molecule has 3 unspecified atom stereocenters. The molecule has 0 aromatic rings. The lowest BCUT2D eigenvalue weighted by atomic mass is 9.84. The van der Waals surface area contributed by atoms with Gasteiger partial charge < -0.3 is 5.32 Å². The Bertz CT molecular complexity index is 255. The molecular weight excluding hydrogens is 229 g/mol.